The van der Waals surface area contributed by atoms with E-state index in [2.05, 4.69) is 20.6 Å². The Morgan fingerprint density at radius 2 is 1.93 bits per heavy atom. The standard InChI is InChI=1S/C21H24N4O2/c1-4-7-18(22-19(26)15-11-10-13(2)12-14(15)3)20(27)25-21-23-16-8-5-6-9-17(16)24-21/h5-6,8-12,18H,4,7H2,1-3H3,(H,22,26)(H2,23,24,25,27)/t18-/m1/s1. The Balaban J connectivity index is 1.73. The first-order valence-corrected chi connectivity index (χ1v) is 9.11. The molecule has 3 N–H and O–H groups in total. The fourth-order valence-electron chi connectivity index (χ4n) is 3.08. The molecule has 0 unspecified atom stereocenters. The summed E-state index contributed by atoms with van der Waals surface area (Å²) in [6.07, 6.45) is 1.31. The summed E-state index contributed by atoms with van der Waals surface area (Å²) in [5.74, 6) is -0.150. The third kappa shape index (κ3) is 4.34. The molecule has 1 heterocycles. The summed E-state index contributed by atoms with van der Waals surface area (Å²) < 4.78 is 0. The Hall–Kier alpha value is -3.15. The second kappa shape index (κ2) is 8.03. The average molecular weight is 364 g/mol. The van der Waals surface area contributed by atoms with Crippen molar-refractivity contribution >= 4 is 28.8 Å². The van der Waals surface area contributed by atoms with Crippen LogP contribution >= 0.6 is 0 Å². The zero-order chi connectivity index (χ0) is 19.4. The van der Waals surface area contributed by atoms with E-state index in [1.165, 1.54) is 0 Å². The van der Waals surface area contributed by atoms with E-state index in [9.17, 15) is 9.59 Å². The second-order valence-corrected chi connectivity index (χ2v) is 6.72. The van der Waals surface area contributed by atoms with Gasteiger partial charge in [-0.25, -0.2) is 4.98 Å². The number of anilines is 1. The number of fused-ring (bicyclic) bond motifs is 1. The zero-order valence-electron chi connectivity index (χ0n) is 15.8. The SMILES string of the molecule is CCC[C@@H](NC(=O)c1ccc(C)cc1C)C(=O)Nc1nc2ccccc2[nH]1. The molecule has 2 amide bonds. The maximum Gasteiger partial charge on any atom is 0.252 e. The normalized spacial score (nSPS) is 12.0. The highest BCUT2D eigenvalue weighted by atomic mass is 16.2. The highest BCUT2D eigenvalue weighted by molar-refractivity contribution is 6.01. The van der Waals surface area contributed by atoms with Crippen LogP contribution in [0.5, 0.6) is 0 Å². The molecule has 3 rings (SSSR count). The van der Waals surface area contributed by atoms with E-state index in [0.29, 0.717) is 17.9 Å². The molecule has 2 aromatic carbocycles. The predicted octanol–water partition coefficient (Wildman–Crippen LogP) is 3.72. The van der Waals surface area contributed by atoms with E-state index in [0.717, 1.165) is 28.6 Å². The Morgan fingerprint density at radius 3 is 2.63 bits per heavy atom. The van der Waals surface area contributed by atoms with E-state index in [1.807, 2.05) is 57.2 Å². The monoisotopic (exact) mass is 364 g/mol. The average Bonchev–Trinajstić information content (AvgIpc) is 3.03. The van der Waals surface area contributed by atoms with Gasteiger partial charge >= 0.3 is 0 Å². The number of amides is 2. The van der Waals surface area contributed by atoms with Crippen LogP contribution in [0.15, 0.2) is 42.5 Å². The van der Waals surface area contributed by atoms with Crippen molar-refractivity contribution in [3.05, 3.63) is 59.2 Å². The second-order valence-electron chi connectivity index (χ2n) is 6.72. The molecule has 0 bridgehead atoms. The number of aryl methyl sites for hydroxylation is 2. The van der Waals surface area contributed by atoms with Gasteiger partial charge in [-0.2, -0.15) is 0 Å². The maximum absolute atomic E-state index is 12.7. The first kappa shape index (κ1) is 18.6. The minimum atomic E-state index is -0.628. The quantitative estimate of drug-likeness (QED) is 0.623. The number of imidazole rings is 1. The Labute approximate surface area is 158 Å². The molecule has 6 nitrogen and oxygen atoms in total. The van der Waals surface area contributed by atoms with Crippen molar-refractivity contribution in [1.29, 1.82) is 0 Å². The number of aromatic amines is 1. The van der Waals surface area contributed by atoms with Gasteiger partial charge in [-0.1, -0.05) is 43.2 Å². The summed E-state index contributed by atoms with van der Waals surface area (Å²) in [5, 5.41) is 5.63. The van der Waals surface area contributed by atoms with Gasteiger partial charge in [0.15, 0.2) is 0 Å². The van der Waals surface area contributed by atoms with Crippen molar-refractivity contribution in [2.45, 2.75) is 39.7 Å². The van der Waals surface area contributed by atoms with Crippen LogP contribution in [0.3, 0.4) is 0 Å². The van der Waals surface area contributed by atoms with Gasteiger partial charge in [0.1, 0.15) is 6.04 Å². The number of nitrogens with one attached hydrogen (secondary N) is 3. The van der Waals surface area contributed by atoms with E-state index in [-0.39, 0.29) is 11.8 Å². The minimum Gasteiger partial charge on any atom is -0.340 e. The first-order valence-electron chi connectivity index (χ1n) is 9.11. The molecule has 3 aromatic rings. The van der Waals surface area contributed by atoms with Gasteiger partial charge in [0.05, 0.1) is 11.0 Å². The molecule has 0 radical (unpaired) electrons. The lowest BCUT2D eigenvalue weighted by Crippen LogP contribution is -2.44. The fraction of sp³-hybridized carbons (Fsp3) is 0.286. The zero-order valence-corrected chi connectivity index (χ0v) is 15.8. The summed E-state index contributed by atoms with van der Waals surface area (Å²) in [7, 11) is 0. The number of carbonyl (C=O) groups is 2. The number of nitrogens with zero attached hydrogens (tertiary/aromatic N) is 1. The predicted molar refractivity (Wildman–Crippen MR) is 107 cm³/mol. The molecular formula is C21H24N4O2. The maximum atomic E-state index is 12.7. The minimum absolute atomic E-state index is 0.245. The number of hydrogen-bond donors (Lipinski definition) is 3. The van der Waals surface area contributed by atoms with Gasteiger partial charge in [0.25, 0.3) is 5.91 Å². The topological polar surface area (TPSA) is 86.9 Å². The van der Waals surface area contributed by atoms with E-state index in [4.69, 9.17) is 0 Å². The highest BCUT2D eigenvalue weighted by Gasteiger charge is 2.22. The van der Waals surface area contributed by atoms with Gasteiger partial charge in [0, 0.05) is 5.56 Å². The van der Waals surface area contributed by atoms with Gasteiger partial charge in [0.2, 0.25) is 11.9 Å². The number of aromatic nitrogens is 2. The first-order chi connectivity index (χ1) is 13.0. The number of hydrogen-bond acceptors (Lipinski definition) is 3. The lowest BCUT2D eigenvalue weighted by Gasteiger charge is -2.18. The van der Waals surface area contributed by atoms with E-state index in [1.54, 1.807) is 6.07 Å². The number of para-hydroxylation sites is 2. The van der Waals surface area contributed by atoms with Crippen molar-refractivity contribution < 1.29 is 9.59 Å². The molecule has 0 aliphatic heterocycles. The smallest absolute Gasteiger partial charge is 0.252 e. The van der Waals surface area contributed by atoms with Gasteiger partial charge in [-0.05, 0) is 44.0 Å². The molecule has 0 aliphatic rings. The molecule has 0 spiro atoms. The molecule has 1 atom stereocenters. The van der Waals surface area contributed by atoms with Gasteiger partial charge in [-0.3, -0.25) is 14.9 Å². The molecule has 27 heavy (non-hydrogen) atoms. The van der Waals surface area contributed by atoms with Crippen molar-refractivity contribution in [2.75, 3.05) is 5.32 Å². The van der Waals surface area contributed by atoms with Crippen LogP contribution in [-0.4, -0.2) is 27.8 Å². The van der Waals surface area contributed by atoms with Crippen LogP contribution in [-0.2, 0) is 4.79 Å². The van der Waals surface area contributed by atoms with E-state index >= 15 is 0 Å². The molecule has 0 saturated heterocycles. The molecule has 0 saturated carbocycles. The van der Waals surface area contributed by atoms with Crippen LogP contribution in [0.25, 0.3) is 11.0 Å². The summed E-state index contributed by atoms with van der Waals surface area (Å²) in [6, 6.07) is 12.6. The largest absolute Gasteiger partial charge is 0.340 e. The van der Waals surface area contributed by atoms with Crippen LogP contribution < -0.4 is 10.6 Å². The van der Waals surface area contributed by atoms with Crippen molar-refractivity contribution in [1.82, 2.24) is 15.3 Å². The van der Waals surface area contributed by atoms with Crippen LogP contribution in [0.2, 0.25) is 0 Å². The third-order valence-corrected chi connectivity index (χ3v) is 4.46. The molecule has 140 valence electrons. The number of carbonyl (C=O) groups excluding carboxylic acids is 2. The van der Waals surface area contributed by atoms with E-state index < -0.39 is 6.04 Å². The Morgan fingerprint density at radius 1 is 1.15 bits per heavy atom. The third-order valence-electron chi connectivity index (χ3n) is 4.46. The molecule has 6 heteroatoms. The lowest BCUT2D eigenvalue weighted by molar-refractivity contribution is -0.118. The van der Waals surface area contributed by atoms with Crippen molar-refractivity contribution in [3.63, 3.8) is 0 Å². The van der Waals surface area contributed by atoms with Crippen molar-refractivity contribution in [3.8, 4) is 0 Å². The molecule has 0 aliphatic carbocycles. The Bertz CT molecular complexity index is 944. The summed E-state index contributed by atoms with van der Waals surface area (Å²) in [5.41, 5.74) is 4.19. The number of benzene rings is 2. The number of rotatable bonds is 6. The lowest BCUT2D eigenvalue weighted by atomic mass is 10.0. The van der Waals surface area contributed by atoms with Gasteiger partial charge in [-0.15, -0.1) is 0 Å². The molecule has 0 fully saturated rings. The van der Waals surface area contributed by atoms with Crippen molar-refractivity contribution in [2.24, 2.45) is 0 Å². The molecular weight excluding hydrogens is 340 g/mol. The summed E-state index contributed by atoms with van der Waals surface area (Å²) in [4.78, 5) is 32.8. The summed E-state index contributed by atoms with van der Waals surface area (Å²) in [6.45, 7) is 5.85. The fourth-order valence-corrected chi connectivity index (χ4v) is 3.08. The van der Waals surface area contributed by atoms with Crippen LogP contribution in [0.4, 0.5) is 5.95 Å². The highest BCUT2D eigenvalue weighted by Crippen LogP contribution is 2.15. The Kier molecular flexibility index (Phi) is 5.54. The molecule has 1 aromatic heterocycles. The number of H-pyrrole nitrogens is 1. The summed E-state index contributed by atoms with van der Waals surface area (Å²) >= 11 is 0. The van der Waals surface area contributed by atoms with Crippen LogP contribution in [0.1, 0.15) is 41.3 Å². The van der Waals surface area contributed by atoms with Gasteiger partial charge < -0.3 is 10.3 Å². The van der Waals surface area contributed by atoms with Crippen LogP contribution in [0, 0.1) is 13.8 Å².